The second-order valence-corrected chi connectivity index (χ2v) is 5.46. The molecule has 2 rings (SSSR count). The molecule has 0 heterocycles. The van der Waals surface area contributed by atoms with Crippen LogP contribution in [-0.2, 0) is 0 Å². The number of hydrogen-bond donors (Lipinski definition) is 5. The summed E-state index contributed by atoms with van der Waals surface area (Å²) >= 11 is 0. The molecule has 0 fully saturated rings. The molecule has 1 aliphatic rings. The molecule has 0 amide bonds. The molecule has 1 aromatic rings. The lowest BCUT2D eigenvalue weighted by molar-refractivity contribution is 0.258. The number of nitrogens with one attached hydrogen (secondary N) is 1. The minimum atomic E-state index is -0.701. The summed E-state index contributed by atoms with van der Waals surface area (Å²) in [6.45, 7) is 1.33. The number of phenolic OH excluding ortho intramolecular Hbond substituents is 2. The number of rotatable bonds is 7. The summed E-state index contributed by atoms with van der Waals surface area (Å²) in [4.78, 5) is 4.22. The number of aromatic hydroxyl groups is 2. The molecule has 0 radical (unpaired) electrons. The lowest BCUT2D eigenvalue weighted by Crippen LogP contribution is -2.15. The fourth-order valence-electron chi connectivity index (χ4n) is 2.16. The maximum atomic E-state index is 9.70. The first kappa shape index (κ1) is 17.6. The first-order valence-electron chi connectivity index (χ1n) is 7.78. The van der Waals surface area contributed by atoms with Gasteiger partial charge in [-0.2, -0.15) is 0 Å². The minimum absolute atomic E-state index is 0.0845. The van der Waals surface area contributed by atoms with Crippen LogP contribution >= 0.6 is 0 Å². The number of aliphatic hydroxyl groups is 2. The summed E-state index contributed by atoms with van der Waals surface area (Å²) < 4.78 is 0. The van der Waals surface area contributed by atoms with Gasteiger partial charge in [0.15, 0.2) is 0 Å². The van der Waals surface area contributed by atoms with Crippen molar-refractivity contribution >= 4 is 6.21 Å². The number of nitrogens with zero attached hydrogens (tertiary/aromatic N) is 1. The van der Waals surface area contributed by atoms with E-state index in [9.17, 15) is 20.4 Å². The average Bonchev–Trinajstić information content (AvgIpc) is 2.56. The van der Waals surface area contributed by atoms with Crippen LogP contribution in [0.5, 0.6) is 11.5 Å². The summed E-state index contributed by atoms with van der Waals surface area (Å²) in [6, 6.07) is 4.30. The Hall–Kier alpha value is -2.73. The first-order chi connectivity index (χ1) is 11.6. The molecule has 128 valence electrons. The van der Waals surface area contributed by atoms with Gasteiger partial charge in [0.1, 0.15) is 17.3 Å². The monoisotopic (exact) mass is 330 g/mol. The summed E-state index contributed by atoms with van der Waals surface area (Å²) in [5.41, 5.74) is 1.11. The molecule has 1 aromatic carbocycles. The van der Waals surface area contributed by atoms with Gasteiger partial charge >= 0.3 is 0 Å². The third-order valence-corrected chi connectivity index (χ3v) is 3.47. The Morgan fingerprint density at radius 1 is 1.17 bits per heavy atom. The van der Waals surface area contributed by atoms with Gasteiger partial charge in [0.05, 0.1) is 6.10 Å². The highest BCUT2D eigenvalue weighted by atomic mass is 16.3. The number of allylic oxidation sites excluding steroid dienone is 1. The second kappa shape index (κ2) is 8.79. The highest BCUT2D eigenvalue weighted by molar-refractivity contribution is 5.83. The normalized spacial score (nSPS) is 19.0. The standard InChI is InChI=1S/C18H22N2O4/c21-15-3-5-17(23)13(9-15)11-19-7-1-2-8-20-12-14-10-16(22)4-6-18(14)24/h3-6,9-12,17,19,21-24H,1-2,7-8H2/b13-11-,20-12?. The highest BCUT2D eigenvalue weighted by Gasteiger charge is 2.09. The summed E-state index contributed by atoms with van der Waals surface area (Å²) in [5, 5.41) is 41.1. The van der Waals surface area contributed by atoms with E-state index in [0.717, 1.165) is 19.4 Å². The lowest BCUT2D eigenvalue weighted by atomic mass is 10.1. The van der Waals surface area contributed by atoms with E-state index >= 15 is 0 Å². The molecule has 0 saturated heterocycles. The van der Waals surface area contributed by atoms with Gasteiger partial charge < -0.3 is 25.7 Å². The Balaban J connectivity index is 1.66. The number of phenols is 2. The van der Waals surface area contributed by atoms with Gasteiger partial charge in [0, 0.05) is 36.6 Å². The number of aliphatic imine (C=N–C) groups is 1. The smallest absolute Gasteiger partial charge is 0.124 e. The topological polar surface area (TPSA) is 105 Å². The van der Waals surface area contributed by atoms with E-state index in [2.05, 4.69) is 10.3 Å². The molecule has 5 N–H and O–H groups in total. The first-order valence-corrected chi connectivity index (χ1v) is 7.78. The zero-order chi connectivity index (χ0) is 17.4. The van der Waals surface area contributed by atoms with Crippen molar-refractivity contribution in [3.8, 4) is 11.5 Å². The van der Waals surface area contributed by atoms with E-state index < -0.39 is 6.10 Å². The van der Waals surface area contributed by atoms with Crippen LogP contribution < -0.4 is 5.32 Å². The van der Waals surface area contributed by atoms with E-state index in [1.165, 1.54) is 36.4 Å². The summed E-state index contributed by atoms with van der Waals surface area (Å²) in [7, 11) is 0. The number of unbranched alkanes of at least 4 members (excludes halogenated alkanes) is 1. The van der Waals surface area contributed by atoms with Crippen molar-refractivity contribution in [2.24, 2.45) is 4.99 Å². The Kier molecular flexibility index (Phi) is 6.45. The average molecular weight is 330 g/mol. The Bertz CT molecular complexity index is 678. The highest BCUT2D eigenvalue weighted by Crippen LogP contribution is 2.20. The van der Waals surface area contributed by atoms with Gasteiger partial charge in [-0.25, -0.2) is 0 Å². The molecule has 6 nitrogen and oxygen atoms in total. The van der Waals surface area contributed by atoms with Crippen LogP contribution in [0.2, 0.25) is 0 Å². The van der Waals surface area contributed by atoms with Gasteiger partial charge in [-0.15, -0.1) is 0 Å². The number of aliphatic hydroxyl groups excluding tert-OH is 2. The van der Waals surface area contributed by atoms with Crippen molar-refractivity contribution in [1.82, 2.24) is 5.32 Å². The van der Waals surface area contributed by atoms with Crippen molar-refractivity contribution in [2.45, 2.75) is 18.9 Å². The number of benzene rings is 1. The summed E-state index contributed by atoms with van der Waals surface area (Å²) in [6.07, 6.45) is 8.78. The van der Waals surface area contributed by atoms with Gasteiger partial charge in [-0.05, 0) is 49.3 Å². The molecular weight excluding hydrogens is 308 g/mol. The maximum absolute atomic E-state index is 9.70. The van der Waals surface area contributed by atoms with Crippen LogP contribution in [0, 0.1) is 0 Å². The van der Waals surface area contributed by atoms with E-state index in [-0.39, 0.29) is 17.3 Å². The molecule has 0 aliphatic heterocycles. The van der Waals surface area contributed by atoms with E-state index in [4.69, 9.17) is 0 Å². The third kappa shape index (κ3) is 5.48. The molecule has 24 heavy (non-hydrogen) atoms. The van der Waals surface area contributed by atoms with E-state index in [1.54, 1.807) is 12.4 Å². The lowest BCUT2D eigenvalue weighted by Gasteiger charge is -2.12. The van der Waals surface area contributed by atoms with E-state index in [1.807, 2.05) is 0 Å². The van der Waals surface area contributed by atoms with Crippen molar-refractivity contribution in [3.63, 3.8) is 0 Å². The molecule has 1 aliphatic carbocycles. The molecule has 1 unspecified atom stereocenters. The van der Waals surface area contributed by atoms with E-state index in [0.29, 0.717) is 17.7 Å². The van der Waals surface area contributed by atoms with Crippen molar-refractivity contribution in [2.75, 3.05) is 13.1 Å². The van der Waals surface area contributed by atoms with Crippen LogP contribution in [0.4, 0.5) is 0 Å². The van der Waals surface area contributed by atoms with Crippen molar-refractivity contribution < 1.29 is 20.4 Å². The Labute approximate surface area is 140 Å². The molecule has 0 saturated carbocycles. The van der Waals surface area contributed by atoms with Crippen LogP contribution in [0.3, 0.4) is 0 Å². The van der Waals surface area contributed by atoms with Crippen LogP contribution in [-0.4, -0.2) is 45.8 Å². The summed E-state index contributed by atoms with van der Waals surface area (Å²) in [5.74, 6) is 0.297. The quantitative estimate of drug-likeness (QED) is 0.299. The molecule has 1 atom stereocenters. The second-order valence-electron chi connectivity index (χ2n) is 5.46. The van der Waals surface area contributed by atoms with Crippen molar-refractivity contribution in [3.05, 3.63) is 59.5 Å². The molecule has 0 spiro atoms. The van der Waals surface area contributed by atoms with Gasteiger partial charge in [0.2, 0.25) is 0 Å². The molecule has 0 bridgehead atoms. The predicted octanol–water partition coefficient (Wildman–Crippen LogP) is 2.14. The zero-order valence-corrected chi connectivity index (χ0v) is 13.3. The fraction of sp³-hybridized carbons (Fsp3) is 0.278. The van der Waals surface area contributed by atoms with Crippen LogP contribution in [0.25, 0.3) is 0 Å². The molecule has 0 aromatic heterocycles. The Morgan fingerprint density at radius 3 is 2.83 bits per heavy atom. The van der Waals surface area contributed by atoms with Crippen molar-refractivity contribution in [1.29, 1.82) is 0 Å². The van der Waals surface area contributed by atoms with Crippen LogP contribution in [0.1, 0.15) is 18.4 Å². The van der Waals surface area contributed by atoms with Crippen LogP contribution in [0.15, 0.2) is 59.0 Å². The largest absolute Gasteiger partial charge is 0.508 e. The minimum Gasteiger partial charge on any atom is -0.508 e. The predicted molar refractivity (Wildman–Crippen MR) is 93.4 cm³/mol. The molecular formula is C18H22N2O4. The fourth-order valence-corrected chi connectivity index (χ4v) is 2.16. The number of hydrogen-bond acceptors (Lipinski definition) is 6. The maximum Gasteiger partial charge on any atom is 0.124 e. The molecule has 6 heteroatoms. The zero-order valence-electron chi connectivity index (χ0n) is 13.3. The van der Waals surface area contributed by atoms with Gasteiger partial charge in [-0.3, -0.25) is 4.99 Å². The van der Waals surface area contributed by atoms with Gasteiger partial charge in [-0.1, -0.05) is 0 Å². The Morgan fingerprint density at radius 2 is 2.00 bits per heavy atom. The SMILES string of the molecule is OC1=C/C(=C/NCCCCN=Cc2cc(O)ccc2O)C(O)C=C1. The van der Waals surface area contributed by atoms with Gasteiger partial charge in [0.25, 0.3) is 0 Å². The third-order valence-electron chi connectivity index (χ3n) is 3.47.